The molecule has 104 valence electrons. The highest BCUT2D eigenvalue weighted by atomic mass is 35.5. The molecule has 1 aliphatic rings. The third kappa shape index (κ3) is 3.25. The summed E-state index contributed by atoms with van der Waals surface area (Å²) in [5, 5.41) is 11.8. The molecule has 0 bridgehead atoms. The summed E-state index contributed by atoms with van der Waals surface area (Å²) in [6, 6.07) is 4.18. The van der Waals surface area contributed by atoms with E-state index in [9.17, 15) is 14.3 Å². The summed E-state index contributed by atoms with van der Waals surface area (Å²) in [5.41, 5.74) is 0.153. The van der Waals surface area contributed by atoms with Crippen LogP contribution in [0.1, 0.15) is 29.6 Å². The lowest BCUT2D eigenvalue weighted by Crippen LogP contribution is -2.31. The average molecular weight is 286 g/mol. The van der Waals surface area contributed by atoms with Gasteiger partial charge in [-0.25, -0.2) is 4.39 Å². The highest BCUT2D eigenvalue weighted by Gasteiger charge is 2.27. The van der Waals surface area contributed by atoms with Crippen molar-refractivity contribution >= 4 is 17.5 Å². The molecular formula is C14H17ClFNO2. The summed E-state index contributed by atoms with van der Waals surface area (Å²) in [6.45, 7) is 0.651. The molecule has 1 aromatic carbocycles. The van der Waals surface area contributed by atoms with E-state index in [-0.39, 0.29) is 29.0 Å². The van der Waals surface area contributed by atoms with Gasteiger partial charge in [0.25, 0.3) is 5.91 Å². The fraction of sp³-hybridized carbons (Fsp3) is 0.500. The highest BCUT2D eigenvalue weighted by molar-refractivity contribution is 6.34. The Morgan fingerprint density at radius 1 is 1.42 bits per heavy atom. The summed E-state index contributed by atoms with van der Waals surface area (Å²) in [7, 11) is 0. The molecular weight excluding hydrogens is 269 g/mol. The lowest BCUT2D eigenvalue weighted by atomic mass is 9.97. The first-order valence-corrected chi connectivity index (χ1v) is 6.84. The molecule has 0 aromatic heterocycles. The number of carbonyl (C=O) groups excluding carboxylic acids is 1. The third-order valence-corrected chi connectivity index (χ3v) is 4.16. The van der Waals surface area contributed by atoms with Crippen LogP contribution in [0, 0.1) is 17.7 Å². The standard InChI is InChI=1S/C14H17ClFNO2/c15-13-11(5-2-6-12(13)16)14(19)17-7-9-3-1-4-10(9)8-18/h2,5-6,9-10,18H,1,3-4,7-8H2,(H,17,19). The van der Waals surface area contributed by atoms with Gasteiger partial charge in [-0.15, -0.1) is 0 Å². The van der Waals surface area contributed by atoms with Crippen molar-refractivity contribution in [3.63, 3.8) is 0 Å². The first-order chi connectivity index (χ1) is 9.13. The Morgan fingerprint density at radius 3 is 2.89 bits per heavy atom. The molecule has 1 aliphatic carbocycles. The van der Waals surface area contributed by atoms with Crippen LogP contribution in [0.5, 0.6) is 0 Å². The Kier molecular flexibility index (Phi) is 4.77. The third-order valence-electron chi connectivity index (χ3n) is 3.77. The van der Waals surface area contributed by atoms with Gasteiger partial charge < -0.3 is 10.4 Å². The minimum Gasteiger partial charge on any atom is -0.396 e. The van der Waals surface area contributed by atoms with Gasteiger partial charge >= 0.3 is 0 Å². The molecule has 2 atom stereocenters. The predicted molar refractivity (Wildman–Crippen MR) is 71.7 cm³/mol. The molecule has 0 radical (unpaired) electrons. The van der Waals surface area contributed by atoms with Crippen LogP contribution >= 0.6 is 11.6 Å². The molecule has 5 heteroatoms. The van der Waals surface area contributed by atoms with Crippen LogP contribution in [0.2, 0.25) is 5.02 Å². The Balaban J connectivity index is 1.96. The highest BCUT2D eigenvalue weighted by Crippen LogP contribution is 2.30. The number of hydrogen-bond acceptors (Lipinski definition) is 2. The number of amides is 1. The van der Waals surface area contributed by atoms with E-state index in [0.717, 1.165) is 19.3 Å². The van der Waals surface area contributed by atoms with Gasteiger partial charge in [-0.3, -0.25) is 4.79 Å². The molecule has 1 aromatic rings. The topological polar surface area (TPSA) is 49.3 Å². The maximum atomic E-state index is 13.3. The van der Waals surface area contributed by atoms with Gasteiger partial charge in [-0.2, -0.15) is 0 Å². The van der Waals surface area contributed by atoms with Crippen LogP contribution in [0.15, 0.2) is 18.2 Å². The minimum absolute atomic E-state index is 0.148. The zero-order valence-corrected chi connectivity index (χ0v) is 11.3. The molecule has 1 saturated carbocycles. The summed E-state index contributed by atoms with van der Waals surface area (Å²) >= 11 is 5.76. The molecule has 0 aliphatic heterocycles. The summed E-state index contributed by atoms with van der Waals surface area (Å²) < 4.78 is 13.3. The quantitative estimate of drug-likeness (QED) is 0.893. The normalized spacial score (nSPS) is 22.5. The van der Waals surface area contributed by atoms with E-state index in [4.69, 9.17) is 11.6 Å². The summed E-state index contributed by atoms with van der Waals surface area (Å²) in [6.07, 6.45) is 3.08. The average Bonchev–Trinajstić information content (AvgIpc) is 2.86. The van der Waals surface area contributed by atoms with Crippen molar-refractivity contribution in [2.75, 3.05) is 13.2 Å². The molecule has 0 heterocycles. The number of rotatable bonds is 4. The van der Waals surface area contributed by atoms with Crippen LogP contribution in [-0.2, 0) is 0 Å². The maximum Gasteiger partial charge on any atom is 0.252 e. The second-order valence-corrected chi connectivity index (χ2v) is 5.32. The van der Waals surface area contributed by atoms with Crippen molar-refractivity contribution in [2.45, 2.75) is 19.3 Å². The smallest absolute Gasteiger partial charge is 0.252 e. The molecule has 2 unspecified atom stereocenters. The van der Waals surface area contributed by atoms with Gasteiger partial charge in [-0.05, 0) is 36.8 Å². The van der Waals surface area contributed by atoms with E-state index in [1.165, 1.54) is 18.2 Å². The van der Waals surface area contributed by atoms with Crippen LogP contribution in [0.25, 0.3) is 0 Å². The SMILES string of the molecule is O=C(NCC1CCCC1CO)c1cccc(F)c1Cl. The molecule has 0 saturated heterocycles. The molecule has 2 rings (SSSR count). The van der Waals surface area contributed by atoms with Crippen LogP contribution in [0.4, 0.5) is 4.39 Å². The Labute approximate surface area is 116 Å². The van der Waals surface area contributed by atoms with Crippen molar-refractivity contribution in [1.82, 2.24) is 5.32 Å². The van der Waals surface area contributed by atoms with Crippen molar-refractivity contribution in [1.29, 1.82) is 0 Å². The predicted octanol–water partition coefficient (Wildman–Crippen LogP) is 2.62. The Morgan fingerprint density at radius 2 is 2.16 bits per heavy atom. The van der Waals surface area contributed by atoms with Crippen molar-refractivity contribution < 1.29 is 14.3 Å². The van der Waals surface area contributed by atoms with Gasteiger partial charge in [0, 0.05) is 13.2 Å². The second kappa shape index (κ2) is 6.35. The van der Waals surface area contributed by atoms with E-state index >= 15 is 0 Å². The Bertz CT molecular complexity index is 467. The largest absolute Gasteiger partial charge is 0.396 e. The monoisotopic (exact) mass is 285 g/mol. The zero-order valence-electron chi connectivity index (χ0n) is 10.5. The van der Waals surface area contributed by atoms with E-state index in [1.54, 1.807) is 0 Å². The number of nitrogens with one attached hydrogen (secondary N) is 1. The van der Waals surface area contributed by atoms with Gasteiger partial charge in [0.05, 0.1) is 10.6 Å². The van der Waals surface area contributed by atoms with Crippen molar-refractivity contribution in [3.05, 3.63) is 34.6 Å². The van der Waals surface area contributed by atoms with Crippen molar-refractivity contribution in [2.24, 2.45) is 11.8 Å². The van der Waals surface area contributed by atoms with Gasteiger partial charge in [0.1, 0.15) is 5.82 Å². The van der Waals surface area contributed by atoms with Gasteiger partial charge in [0.15, 0.2) is 0 Å². The number of aliphatic hydroxyl groups excluding tert-OH is 1. The Hall–Kier alpha value is -1.13. The fourth-order valence-corrected chi connectivity index (χ4v) is 2.83. The summed E-state index contributed by atoms with van der Waals surface area (Å²) in [5.74, 6) is -0.416. The number of hydrogen-bond donors (Lipinski definition) is 2. The first kappa shape index (κ1) is 14.3. The van der Waals surface area contributed by atoms with Crippen LogP contribution in [-0.4, -0.2) is 24.2 Å². The molecule has 1 fully saturated rings. The number of aliphatic hydroxyl groups is 1. The van der Waals surface area contributed by atoms with Gasteiger partial charge in [0.2, 0.25) is 0 Å². The molecule has 19 heavy (non-hydrogen) atoms. The van der Waals surface area contributed by atoms with Crippen molar-refractivity contribution in [3.8, 4) is 0 Å². The van der Waals surface area contributed by atoms with Gasteiger partial charge in [-0.1, -0.05) is 24.1 Å². The lowest BCUT2D eigenvalue weighted by molar-refractivity contribution is 0.0937. The number of carbonyl (C=O) groups is 1. The van der Waals surface area contributed by atoms with E-state index in [0.29, 0.717) is 12.5 Å². The maximum absolute atomic E-state index is 13.3. The molecule has 3 nitrogen and oxygen atoms in total. The number of halogens is 2. The van der Waals surface area contributed by atoms with E-state index < -0.39 is 5.82 Å². The van der Waals surface area contributed by atoms with E-state index in [1.807, 2.05) is 0 Å². The zero-order chi connectivity index (χ0) is 13.8. The molecule has 2 N–H and O–H groups in total. The fourth-order valence-electron chi connectivity index (χ4n) is 2.62. The van der Waals surface area contributed by atoms with E-state index in [2.05, 4.69) is 5.32 Å². The number of benzene rings is 1. The lowest BCUT2D eigenvalue weighted by Gasteiger charge is -2.18. The van der Waals surface area contributed by atoms with Crippen LogP contribution < -0.4 is 5.32 Å². The second-order valence-electron chi connectivity index (χ2n) is 4.95. The molecule has 1 amide bonds. The summed E-state index contributed by atoms with van der Waals surface area (Å²) in [4.78, 5) is 11.9. The first-order valence-electron chi connectivity index (χ1n) is 6.46. The van der Waals surface area contributed by atoms with Crippen LogP contribution in [0.3, 0.4) is 0 Å². The molecule has 0 spiro atoms. The minimum atomic E-state index is -0.594.